The van der Waals surface area contributed by atoms with Crippen LogP contribution < -0.4 is 0 Å². The van der Waals surface area contributed by atoms with Crippen molar-refractivity contribution in [2.75, 3.05) is 0 Å². The van der Waals surface area contributed by atoms with E-state index in [0.717, 1.165) is 11.8 Å². The van der Waals surface area contributed by atoms with Gasteiger partial charge in [0, 0.05) is 1.37 Å². The third-order valence-corrected chi connectivity index (χ3v) is 4.23. The molecule has 0 aliphatic heterocycles. The lowest BCUT2D eigenvalue weighted by Gasteiger charge is -2.32. The Balaban J connectivity index is 1.96. The summed E-state index contributed by atoms with van der Waals surface area (Å²) in [6.07, 6.45) is 12.9. The first kappa shape index (κ1) is 10.6. The van der Waals surface area contributed by atoms with E-state index in [-0.39, 0.29) is 6.40 Å². The smallest absolute Gasteiger partial charge is 0.0312 e. The predicted molar refractivity (Wildman–Crippen MR) is 71.2 cm³/mol. The van der Waals surface area contributed by atoms with Gasteiger partial charge in [0.25, 0.3) is 0 Å². The summed E-state index contributed by atoms with van der Waals surface area (Å²) in [7, 11) is 0. The van der Waals surface area contributed by atoms with Gasteiger partial charge >= 0.3 is 0 Å². The van der Waals surface area contributed by atoms with Gasteiger partial charge in [0.15, 0.2) is 0 Å². The molecule has 0 saturated heterocycles. The highest BCUT2D eigenvalue weighted by molar-refractivity contribution is 5.02. The number of hydrogen-bond donors (Lipinski definition) is 0. The van der Waals surface area contributed by atoms with Crippen LogP contribution in [-0.2, 0) is 0 Å². The first-order valence-electron chi connectivity index (χ1n) is 7.43. The Labute approximate surface area is 102 Å². The Kier molecular flexibility index (Phi) is 3.46. The third-order valence-electron chi connectivity index (χ3n) is 4.23. The van der Waals surface area contributed by atoms with Crippen molar-refractivity contribution in [3.63, 3.8) is 0 Å². The highest BCUT2D eigenvalue weighted by atomic mass is 14.3. The van der Waals surface area contributed by atoms with E-state index >= 15 is 0 Å². The molecule has 0 heteroatoms. The maximum absolute atomic E-state index is 8.13. The normalized spacial score (nSPS) is 49.1. The summed E-state index contributed by atoms with van der Waals surface area (Å²) in [6.45, 7) is 6.96. The summed E-state index contributed by atoms with van der Waals surface area (Å²) in [5.74, 6) is 3.49. The Morgan fingerprint density at radius 2 is 1.81 bits per heavy atom. The molecule has 0 amide bonds. The van der Waals surface area contributed by atoms with Crippen LogP contribution in [0.15, 0.2) is 24.3 Å². The van der Waals surface area contributed by atoms with E-state index < -0.39 is 0 Å². The Hall–Kier alpha value is -0.520. The van der Waals surface area contributed by atoms with E-state index in [9.17, 15) is 0 Å². The van der Waals surface area contributed by atoms with Crippen LogP contribution in [0.25, 0.3) is 0 Å². The van der Waals surface area contributed by atoms with E-state index in [1.165, 1.54) is 19.3 Å². The molecule has 0 heterocycles. The molecule has 0 bridgehead atoms. The minimum atomic E-state index is 0.0335. The van der Waals surface area contributed by atoms with Crippen LogP contribution in [0.1, 0.15) is 47.8 Å². The molecule has 0 radical (unpaired) electrons. The highest BCUT2D eigenvalue weighted by Crippen LogP contribution is 2.36. The minimum Gasteiger partial charge on any atom is -0.0880 e. The molecule has 2 aliphatic rings. The molecular formula is C16H26. The average molecular weight is 220 g/mol. The van der Waals surface area contributed by atoms with E-state index in [4.69, 9.17) is 1.37 Å². The molecule has 0 aromatic heterocycles. The molecule has 6 unspecified atom stereocenters. The van der Waals surface area contributed by atoms with Crippen LogP contribution in [0, 0.1) is 29.6 Å². The van der Waals surface area contributed by atoms with Gasteiger partial charge in [-0.05, 0) is 55.2 Å². The summed E-state index contributed by atoms with van der Waals surface area (Å²) in [4.78, 5) is 0. The van der Waals surface area contributed by atoms with E-state index in [0.29, 0.717) is 17.8 Å². The Morgan fingerprint density at radius 3 is 2.56 bits per heavy atom. The number of rotatable bonds is 2. The molecule has 90 valence electrons. The standard InChI is InChI=1S/C16H26/c1-12-5-4-6-15(10-12)11-16-8-7-13(2)9-14(16)3/h4-5,7-8,12-16H,6,9-11H2,1-3H3/i6T. The van der Waals surface area contributed by atoms with Crippen molar-refractivity contribution in [1.82, 2.24) is 0 Å². The molecular weight excluding hydrogens is 192 g/mol. The monoisotopic (exact) mass is 220 g/mol. The Morgan fingerprint density at radius 1 is 1.06 bits per heavy atom. The Bertz CT molecular complexity index is 305. The third kappa shape index (κ3) is 2.99. The van der Waals surface area contributed by atoms with Crippen LogP contribution in [0.3, 0.4) is 0 Å². The lowest BCUT2D eigenvalue weighted by atomic mass is 9.73. The van der Waals surface area contributed by atoms with Crippen molar-refractivity contribution >= 4 is 0 Å². The number of hydrogen-bond acceptors (Lipinski definition) is 0. The van der Waals surface area contributed by atoms with Crippen molar-refractivity contribution < 1.29 is 1.37 Å². The molecule has 0 saturated carbocycles. The van der Waals surface area contributed by atoms with Gasteiger partial charge in [0.05, 0.1) is 0 Å². The van der Waals surface area contributed by atoms with Gasteiger partial charge in [-0.15, -0.1) is 0 Å². The fourth-order valence-corrected chi connectivity index (χ4v) is 3.24. The zero-order chi connectivity index (χ0) is 12.4. The summed E-state index contributed by atoms with van der Waals surface area (Å²) < 4.78 is 8.13. The topological polar surface area (TPSA) is 0 Å². The molecule has 16 heavy (non-hydrogen) atoms. The van der Waals surface area contributed by atoms with Crippen LogP contribution >= 0.6 is 0 Å². The van der Waals surface area contributed by atoms with Crippen LogP contribution in [0.4, 0.5) is 0 Å². The van der Waals surface area contributed by atoms with Crippen molar-refractivity contribution in [1.29, 1.82) is 0 Å². The van der Waals surface area contributed by atoms with Crippen molar-refractivity contribution in [3.8, 4) is 0 Å². The van der Waals surface area contributed by atoms with Crippen LogP contribution in [0.2, 0.25) is 0 Å². The van der Waals surface area contributed by atoms with Gasteiger partial charge in [-0.25, -0.2) is 0 Å². The quantitative estimate of drug-likeness (QED) is 0.585. The second-order valence-electron chi connectivity index (χ2n) is 6.03. The van der Waals surface area contributed by atoms with Crippen molar-refractivity contribution in [2.45, 2.75) is 46.4 Å². The fourth-order valence-electron chi connectivity index (χ4n) is 3.24. The molecule has 0 spiro atoms. The maximum Gasteiger partial charge on any atom is 0.0312 e. The lowest BCUT2D eigenvalue weighted by molar-refractivity contribution is 0.265. The summed E-state index contributed by atoms with van der Waals surface area (Å²) in [5.41, 5.74) is 0. The van der Waals surface area contributed by atoms with Gasteiger partial charge in [0.1, 0.15) is 0 Å². The summed E-state index contributed by atoms with van der Waals surface area (Å²) in [5, 5.41) is 0. The molecule has 0 N–H and O–H groups in total. The SMILES string of the molecule is [3H]C1C=CC(C)CC1CC1C=CC(C)CC1C. The molecule has 2 aliphatic carbocycles. The largest absolute Gasteiger partial charge is 0.0880 e. The van der Waals surface area contributed by atoms with Gasteiger partial charge in [-0.1, -0.05) is 45.1 Å². The molecule has 0 fully saturated rings. The minimum absolute atomic E-state index is 0.0335. The van der Waals surface area contributed by atoms with Crippen LogP contribution in [0.5, 0.6) is 0 Å². The summed E-state index contributed by atoms with van der Waals surface area (Å²) >= 11 is 0. The van der Waals surface area contributed by atoms with E-state index in [1.807, 2.05) is 0 Å². The van der Waals surface area contributed by atoms with E-state index in [2.05, 4.69) is 45.1 Å². The first-order valence-corrected chi connectivity index (χ1v) is 6.85. The molecule has 0 aromatic rings. The van der Waals surface area contributed by atoms with Gasteiger partial charge < -0.3 is 0 Å². The molecule has 0 nitrogen and oxygen atoms in total. The van der Waals surface area contributed by atoms with Crippen molar-refractivity contribution in [3.05, 3.63) is 24.3 Å². The molecule has 0 aromatic carbocycles. The molecule has 6 atom stereocenters. The average Bonchev–Trinajstić information content (AvgIpc) is 2.27. The zero-order valence-corrected chi connectivity index (χ0v) is 10.9. The summed E-state index contributed by atoms with van der Waals surface area (Å²) in [6, 6.07) is 0. The predicted octanol–water partition coefficient (Wildman–Crippen LogP) is 4.83. The van der Waals surface area contributed by atoms with Gasteiger partial charge in [-0.2, -0.15) is 0 Å². The highest BCUT2D eigenvalue weighted by Gasteiger charge is 2.25. The second-order valence-corrected chi connectivity index (χ2v) is 6.03. The first-order chi connectivity index (χ1) is 8.06. The maximum atomic E-state index is 8.13. The fraction of sp³-hybridized carbons (Fsp3) is 0.750. The van der Waals surface area contributed by atoms with Gasteiger partial charge in [-0.3, -0.25) is 0 Å². The number of allylic oxidation sites excluding steroid dienone is 4. The van der Waals surface area contributed by atoms with E-state index in [1.54, 1.807) is 0 Å². The van der Waals surface area contributed by atoms with Crippen LogP contribution in [-0.4, -0.2) is 0 Å². The van der Waals surface area contributed by atoms with Crippen molar-refractivity contribution in [2.24, 2.45) is 29.6 Å². The lowest BCUT2D eigenvalue weighted by Crippen LogP contribution is -2.21. The molecule has 2 rings (SSSR count). The second kappa shape index (κ2) is 5.21. The zero-order valence-electron chi connectivity index (χ0n) is 11.9. The van der Waals surface area contributed by atoms with Gasteiger partial charge in [0.2, 0.25) is 0 Å².